The molecule has 28 heteroatoms. The second kappa shape index (κ2) is 37.3. The van der Waals surface area contributed by atoms with E-state index < -0.39 is 109 Å². The average Bonchev–Trinajstić information content (AvgIpc) is 3.99. The standard InChI is InChI=1S/C55H93N17O11/c1-4-14-37-47(77)69-41(31-35-21-23-36(73)24-22-35)49(79)70-42(32-56)50(80)68-40(25-20-34(2)3)52(82)71(33-44(57)74)29-10-6-5-9-26-62-45(75)18-7-8-19-46(76)65-39(16-12-28-64-55(60)61)53(83)72-30-13-17-43(72)51(81)67-38(48(78)66-37)15-11-27-63-54(58)59/h21-24,34,37-43,73H,4-20,25-33,56H2,1-3H3,(H2,57,74)(H,62,75)(H,65,76)(H,66,78)(H,67,81)(H,68,80)(H,69,77)(H,70,79)(H4,58,59,63)(H4,60,61,64)/t37-,38-,39-,40-,41-,42-,43-/m0/s1. The number of aromatic hydroxyl groups is 1. The molecule has 28 nitrogen and oxygen atoms in total. The van der Waals surface area contributed by atoms with E-state index in [0.29, 0.717) is 76.3 Å². The van der Waals surface area contributed by atoms with Gasteiger partial charge in [-0.2, -0.15) is 0 Å². The van der Waals surface area contributed by atoms with Gasteiger partial charge in [0.15, 0.2) is 11.9 Å². The summed E-state index contributed by atoms with van der Waals surface area (Å²) < 4.78 is 0. The number of aliphatic imine (C=N–C) groups is 2. The van der Waals surface area contributed by atoms with Crippen molar-refractivity contribution in [3.05, 3.63) is 29.8 Å². The van der Waals surface area contributed by atoms with Crippen LogP contribution in [0.1, 0.15) is 142 Å². The minimum Gasteiger partial charge on any atom is -0.508 e. The predicted molar refractivity (Wildman–Crippen MR) is 312 cm³/mol. The van der Waals surface area contributed by atoms with Crippen molar-refractivity contribution in [2.45, 2.75) is 185 Å². The van der Waals surface area contributed by atoms with E-state index in [0.717, 1.165) is 0 Å². The van der Waals surface area contributed by atoms with E-state index in [2.05, 4.69) is 47.2 Å². The van der Waals surface area contributed by atoms with Crippen molar-refractivity contribution in [3.8, 4) is 5.75 Å². The van der Waals surface area contributed by atoms with Crippen molar-refractivity contribution in [1.29, 1.82) is 0 Å². The highest BCUT2D eigenvalue weighted by Gasteiger charge is 2.40. The molecule has 1 aromatic carbocycles. The van der Waals surface area contributed by atoms with Crippen LogP contribution in [0.15, 0.2) is 34.3 Å². The zero-order chi connectivity index (χ0) is 61.4. The van der Waals surface area contributed by atoms with Crippen molar-refractivity contribution >= 4 is 71.0 Å². The van der Waals surface area contributed by atoms with Crippen LogP contribution < -0.4 is 71.6 Å². The van der Waals surface area contributed by atoms with E-state index in [9.17, 15) is 53.1 Å². The number of rotatable bonds is 18. The number of benzene rings is 1. The lowest BCUT2D eigenvalue weighted by Gasteiger charge is -2.30. The van der Waals surface area contributed by atoms with Crippen molar-refractivity contribution in [2.24, 2.45) is 50.3 Å². The molecular formula is C55H93N17O11. The summed E-state index contributed by atoms with van der Waals surface area (Å²) >= 11 is 0. The van der Waals surface area contributed by atoms with E-state index in [1.54, 1.807) is 6.92 Å². The van der Waals surface area contributed by atoms with E-state index >= 15 is 0 Å². The number of hydrogen-bond acceptors (Lipinski definition) is 14. The fourth-order valence-electron chi connectivity index (χ4n) is 9.63. The third kappa shape index (κ3) is 26.3. The molecule has 2 fully saturated rings. The third-order valence-corrected chi connectivity index (χ3v) is 14.1. The van der Waals surface area contributed by atoms with Gasteiger partial charge >= 0.3 is 0 Å². The van der Waals surface area contributed by atoms with Crippen molar-refractivity contribution in [1.82, 2.24) is 47.0 Å². The van der Waals surface area contributed by atoms with Gasteiger partial charge in [-0.25, -0.2) is 0 Å². The maximum atomic E-state index is 14.4. The largest absolute Gasteiger partial charge is 0.508 e. The second-order valence-electron chi connectivity index (χ2n) is 21.6. The van der Waals surface area contributed by atoms with Gasteiger partial charge in [0.1, 0.15) is 48.0 Å². The Morgan fingerprint density at radius 3 is 1.73 bits per heavy atom. The minimum absolute atomic E-state index is 0.00315. The summed E-state index contributed by atoms with van der Waals surface area (Å²) in [6, 6.07) is -2.90. The molecule has 0 bridgehead atoms. The molecule has 20 N–H and O–H groups in total. The van der Waals surface area contributed by atoms with E-state index in [1.807, 2.05) is 13.8 Å². The highest BCUT2D eigenvalue weighted by molar-refractivity contribution is 5.98. The highest BCUT2D eigenvalue weighted by atomic mass is 16.3. The molecule has 2 aliphatic rings. The lowest BCUT2D eigenvalue weighted by Crippen LogP contribution is -2.61. The number of carbonyl (C=O) groups excluding carboxylic acids is 10. The number of hydrogen-bond donors (Lipinski definition) is 14. The molecule has 10 amide bonds. The zero-order valence-corrected chi connectivity index (χ0v) is 48.6. The first-order valence-corrected chi connectivity index (χ1v) is 29.1. The molecule has 83 heavy (non-hydrogen) atoms. The van der Waals surface area contributed by atoms with Gasteiger partial charge in [0.05, 0.1) is 6.54 Å². The summed E-state index contributed by atoms with van der Waals surface area (Å²) in [5, 5.41) is 29.3. The van der Waals surface area contributed by atoms with Crippen molar-refractivity contribution in [2.75, 3.05) is 45.8 Å². The number of fused-ring (bicyclic) bond motifs is 1. The summed E-state index contributed by atoms with van der Waals surface area (Å²) in [5.74, 6) is -6.76. The number of nitrogens with two attached hydrogens (primary N) is 6. The Kier molecular flexibility index (Phi) is 31.3. The Morgan fingerprint density at radius 1 is 0.602 bits per heavy atom. The van der Waals surface area contributed by atoms with Crippen LogP contribution in [0.5, 0.6) is 5.75 Å². The lowest BCUT2D eigenvalue weighted by molar-refractivity contribution is -0.142. The van der Waals surface area contributed by atoms with E-state index in [4.69, 9.17) is 34.4 Å². The molecule has 0 aromatic heterocycles. The Bertz CT molecular complexity index is 2360. The van der Waals surface area contributed by atoms with Crippen LogP contribution in [0.3, 0.4) is 0 Å². The molecule has 0 unspecified atom stereocenters. The van der Waals surface area contributed by atoms with Gasteiger partial charge in [-0.3, -0.25) is 57.9 Å². The molecule has 2 aliphatic heterocycles. The maximum absolute atomic E-state index is 14.4. The summed E-state index contributed by atoms with van der Waals surface area (Å²) in [5.41, 5.74) is 34.4. The number of nitrogens with one attached hydrogen (secondary N) is 7. The van der Waals surface area contributed by atoms with Gasteiger partial charge in [0.2, 0.25) is 59.1 Å². The number of amides is 10. The van der Waals surface area contributed by atoms with Crippen LogP contribution in [-0.4, -0.2) is 174 Å². The van der Waals surface area contributed by atoms with Crippen LogP contribution in [0.25, 0.3) is 0 Å². The molecule has 2 heterocycles. The van der Waals surface area contributed by atoms with Crippen LogP contribution in [0.2, 0.25) is 0 Å². The van der Waals surface area contributed by atoms with E-state index in [-0.39, 0.29) is 113 Å². The first-order chi connectivity index (χ1) is 39.5. The fraction of sp³-hybridized carbons (Fsp3) is 0.673. The molecule has 7 atom stereocenters. The number of guanidine groups is 2. The summed E-state index contributed by atoms with van der Waals surface area (Å²) in [7, 11) is 0. The molecule has 0 spiro atoms. The predicted octanol–water partition coefficient (Wildman–Crippen LogP) is -2.30. The summed E-state index contributed by atoms with van der Waals surface area (Å²) in [4.78, 5) is 149. The average molecular weight is 1170 g/mol. The van der Waals surface area contributed by atoms with Gasteiger partial charge in [-0.05, 0) is 107 Å². The Balaban J connectivity index is 2.05. The van der Waals surface area contributed by atoms with Gasteiger partial charge in [0, 0.05) is 58.5 Å². The van der Waals surface area contributed by atoms with Gasteiger partial charge in [-0.1, -0.05) is 52.2 Å². The Hall–Kier alpha value is -7.78. The van der Waals surface area contributed by atoms with Crippen molar-refractivity contribution < 1.29 is 53.1 Å². The first kappa shape index (κ1) is 69.5. The second-order valence-corrected chi connectivity index (χ2v) is 21.6. The van der Waals surface area contributed by atoms with Gasteiger partial charge < -0.3 is 86.5 Å². The molecule has 1 aromatic rings. The van der Waals surface area contributed by atoms with Crippen LogP contribution in [0.4, 0.5) is 0 Å². The van der Waals surface area contributed by atoms with Gasteiger partial charge in [0.25, 0.3) is 0 Å². The van der Waals surface area contributed by atoms with Crippen LogP contribution in [0, 0.1) is 5.92 Å². The molecular weight excluding hydrogens is 1070 g/mol. The fourth-order valence-corrected chi connectivity index (χ4v) is 9.63. The smallest absolute Gasteiger partial charge is 0.245 e. The van der Waals surface area contributed by atoms with E-state index in [1.165, 1.54) is 34.1 Å². The van der Waals surface area contributed by atoms with Crippen LogP contribution in [-0.2, 0) is 54.4 Å². The molecule has 0 saturated carbocycles. The topological polar surface area (TPSA) is 462 Å². The van der Waals surface area contributed by atoms with Crippen LogP contribution >= 0.6 is 0 Å². The Labute approximate surface area is 486 Å². The lowest BCUT2D eigenvalue weighted by atomic mass is 10.0. The maximum Gasteiger partial charge on any atom is 0.245 e. The monoisotopic (exact) mass is 1170 g/mol. The molecule has 0 aliphatic carbocycles. The summed E-state index contributed by atoms with van der Waals surface area (Å²) in [6.45, 7) is 5.68. The first-order valence-electron chi connectivity index (χ1n) is 29.1. The molecule has 0 radical (unpaired) electrons. The van der Waals surface area contributed by atoms with Crippen molar-refractivity contribution in [3.63, 3.8) is 0 Å². The molecule has 3 rings (SSSR count). The molecule has 2 saturated heterocycles. The third-order valence-electron chi connectivity index (χ3n) is 14.1. The summed E-state index contributed by atoms with van der Waals surface area (Å²) in [6.07, 6.45) is 5.38. The minimum atomic E-state index is -1.44. The normalized spacial score (nSPS) is 23.4. The molecule has 464 valence electrons. The number of primary amides is 1. The highest BCUT2D eigenvalue weighted by Crippen LogP contribution is 2.21. The number of carbonyl (C=O) groups is 10. The number of nitrogens with zero attached hydrogens (tertiary/aromatic N) is 4. The quantitative estimate of drug-likeness (QED) is 0.0418. The SMILES string of the molecule is CCC[C@@H]1NC(=O)[C@H](CCCN=C(N)N)NC(=O)[C@@H]2CCCN2C(=O)[C@H](CCCN=C(N)N)NC(=O)CCCCC(=O)NCCCCCCN(CC(N)=O)C(=O)[C@H](CCC(C)C)NC(=O)[C@H](CN)NC(=O)[C@H](Cc2ccc(O)cc2)NC1=O. The number of phenolic OH excluding ortho intramolecular Hbond substituents is 1. The number of phenols is 1. The van der Waals surface area contributed by atoms with Gasteiger partial charge in [-0.15, -0.1) is 0 Å². The Morgan fingerprint density at radius 2 is 1.13 bits per heavy atom. The zero-order valence-electron chi connectivity index (χ0n) is 48.6.